The van der Waals surface area contributed by atoms with E-state index in [4.69, 9.17) is 9.47 Å². The number of rotatable bonds is 13. The van der Waals surface area contributed by atoms with Gasteiger partial charge in [-0.05, 0) is 55.7 Å². The van der Waals surface area contributed by atoms with Crippen LogP contribution < -0.4 is 19.1 Å². The fourth-order valence-electron chi connectivity index (χ4n) is 3.68. The smallest absolute Gasteiger partial charge is 0.244 e. The third kappa shape index (κ3) is 7.87. The average molecular weight is 520 g/mol. The molecule has 0 aliphatic heterocycles. The summed E-state index contributed by atoms with van der Waals surface area (Å²) >= 11 is 0. The number of amides is 2. The second-order valence-electron chi connectivity index (χ2n) is 8.64. The SMILES string of the molecule is CCCCNC(=O)[C@H](C)N(Cc1cccc(OC)c1)C(=O)CN(c1cc(C)ccc1OC)S(C)(=O)=O. The lowest BCUT2D eigenvalue weighted by Crippen LogP contribution is -2.51. The van der Waals surface area contributed by atoms with Crippen LogP contribution in [0.5, 0.6) is 11.5 Å². The number of carbonyl (C=O) groups is 2. The van der Waals surface area contributed by atoms with Crippen LogP contribution in [0.25, 0.3) is 0 Å². The summed E-state index contributed by atoms with van der Waals surface area (Å²) in [6.45, 7) is 5.58. The van der Waals surface area contributed by atoms with Crippen molar-refractivity contribution in [3.63, 3.8) is 0 Å². The summed E-state index contributed by atoms with van der Waals surface area (Å²) in [4.78, 5) is 27.9. The molecule has 9 nitrogen and oxygen atoms in total. The van der Waals surface area contributed by atoms with E-state index in [0.717, 1.165) is 34.5 Å². The summed E-state index contributed by atoms with van der Waals surface area (Å²) in [7, 11) is -0.872. The Balaban J connectivity index is 2.44. The van der Waals surface area contributed by atoms with Gasteiger partial charge in [0.1, 0.15) is 24.1 Å². The second-order valence-corrected chi connectivity index (χ2v) is 10.5. The van der Waals surface area contributed by atoms with Crippen molar-refractivity contribution in [3.05, 3.63) is 53.6 Å². The van der Waals surface area contributed by atoms with E-state index in [1.54, 1.807) is 50.4 Å². The summed E-state index contributed by atoms with van der Waals surface area (Å²) in [6.07, 6.45) is 2.77. The van der Waals surface area contributed by atoms with Crippen LogP contribution >= 0.6 is 0 Å². The van der Waals surface area contributed by atoms with Crippen molar-refractivity contribution < 1.29 is 27.5 Å². The molecule has 0 heterocycles. The van der Waals surface area contributed by atoms with Crippen molar-refractivity contribution in [2.75, 3.05) is 37.9 Å². The molecule has 0 aliphatic carbocycles. The van der Waals surface area contributed by atoms with Crippen LogP contribution in [0.3, 0.4) is 0 Å². The number of carbonyl (C=O) groups excluding carboxylic acids is 2. The minimum absolute atomic E-state index is 0.0982. The number of anilines is 1. The Hall–Kier alpha value is -3.27. The van der Waals surface area contributed by atoms with Crippen molar-refractivity contribution in [1.82, 2.24) is 10.2 Å². The molecule has 0 radical (unpaired) electrons. The van der Waals surface area contributed by atoms with Crippen molar-refractivity contribution in [2.45, 2.75) is 46.2 Å². The van der Waals surface area contributed by atoms with Gasteiger partial charge in [0.2, 0.25) is 21.8 Å². The fourth-order valence-corrected chi connectivity index (χ4v) is 4.52. The summed E-state index contributed by atoms with van der Waals surface area (Å²) in [5.41, 5.74) is 1.81. The highest BCUT2D eigenvalue weighted by molar-refractivity contribution is 7.92. The van der Waals surface area contributed by atoms with Crippen LogP contribution in [0.15, 0.2) is 42.5 Å². The summed E-state index contributed by atoms with van der Waals surface area (Å²) in [6, 6.07) is 11.5. The van der Waals surface area contributed by atoms with Crippen LogP contribution in [-0.4, -0.2) is 64.7 Å². The van der Waals surface area contributed by atoms with Gasteiger partial charge in [-0.15, -0.1) is 0 Å². The molecule has 0 fully saturated rings. The molecule has 0 unspecified atom stereocenters. The Labute approximate surface area is 214 Å². The minimum Gasteiger partial charge on any atom is -0.497 e. The van der Waals surface area contributed by atoms with Gasteiger partial charge in [0.05, 0.1) is 26.2 Å². The van der Waals surface area contributed by atoms with Crippen LogP contribution in [-0.2, 0) is 26.2 Å². The number of sulfonamides is 1. The maximum atomic E-state index is 13.7. The topological polar surface area (TPSA) is 105 Å². The monoisotopic (exact) mass is 519 g/mol. The molecule has 0 saturated heterocycles. The van der Waals surface area contributed by atoms with E-state index in [1.165, 1.54) is 12.0 Å². The lowest BCUT2D eigenvalue weighted by molar-refractivity contribution is -0.139. The van der Waals surface area contributed by atoms with Gasteiger partial charge in [-0.3, -0.25) is 13.9 Å². The van der Waals surface area contributed by atoms with Gasteiger partial charge in [-0.25, -0.2) is 8.42 Å². The van der Waals surface area contributed by atoms with Crippen molar-refractivity contribution in [2.24, 2.45) is 0 Å². The highest BCUT2D eigenvalue weighted by Gasteiger charge is 2.31. The predicted octanol–water partition coefficient (Wildman–Crippen LogP) is 3.11. The quantitative estimate of drug-likeness (QED) is 0.408. The molecule has 0 bridgehead atoms. The number of methoxy groups -OCH3 is 2. The molecule has 1 atom stereocenters. The number of aryl methyl sites for hydroxylation is 1. The Morgan fingerprint density at radius 1 is 1.08 bits per heavy atom. The largest absolute Gasteiger partial charge is 0.497 e. The lowest BCUT2D eigenvalue weighted by Gasteiger charge is -2.32. The Kier molecular flexibility index (Phi) is 10.6. The van der Waals surface area contributed by atoms with E-state index in [0.29, 0.717) is 18.0 Å². The molecule has 36 heavy (non-hydrogen) atoms. The van der Waals surface area contributed by atoms with Crippen molar-refractivity contribution in [3.8, 4) is 11.5 Å². The van der Waals surface area contributed by atoms with E-state index in [-0.39, 0.29) is 18.1 Å². The zero-order valence-corrected chi connectivity index (χ0v) is 22.7. The first-order valence-corrected chi connectivity index (χ1v) is 13.7. The van der Waals surface area contributed by atoms with E-state index in [2.05, 4.69) is 5.32 Å². The molecule has 0 aromatic heterocycles. The zero-order valence-electron chi connectivity index (χ0n) is 21.9. The van der Waals surface area contributed by atoms with Gasteiger partial charge in [0, 0.05) is 13.1 Å². The van der Waals surface area contributed by atoms with Gasteiger partial charge in [0.25, 0.3) is 0 Å². The highest BCUT2D eigenvalue weighted by Crippen LogP contribution is 2.31. The first-order chi connectivity index (χ1) is 17.0. The Morgan fingerprint density at radius 2 is 1.81 bits per heavy atom. The number of ether oxygens (including phenoxy) is 2. The molecule has 0 aliphatic rings. The maximum absolute atomic E-state index is 13.7. The molecule has 2 aromatic carbocycles. The van der Waals surface area contributed by atoms with Crippen molar-refractivity contribution >= 4 is 27.5 Å². The first-order valence-electron chi connectivity index (χ1n) is 11.8. The molecular weight excluding hydrogens is 482 g/mol. The van der Waals surface area contributed by atoms with E-state index in [1.807, 2.05) is 19.9 Å². The van der Waals surface area contributed by atoms with E-state index < -0.39 is 28.5 Å². The lowest BCUT2D eigenvalue weighted by atomic mass is 10.1. The minimum atomic E-state index is -3.86. The van der Waals surface area contributed by atoms with Gasteiger partial charge in [0.15, 0.2) is 0 Å². The Morgan fingerprint density at radius 3 is 2.42 bits per heavy atom. The molecule has 0 saturated carbocycles. The zero-order chi connectivity index (χ0) is 26.9. The fraction of sp³-hybridized carbons (Fsp3) is 0.462. The molecule has 10 heteroatoms. The molecule has 1 N–H and O–H groups in total. The number of nitrogens with zero attached hydrogens (tertiary/aromatic N) is 2. The summed E-state index contributed by atoms with van der Waals surface area (Å²) in [5.74, 6) is 0.106. The number of hydrogen-bond acceptors (Lipinski definition) is 6. The molecule has 2 aromatic rings. The average Bonchev–Trinajstić information content (AvgIpc) is 2.84. The van der Waals surface area contributed by atoms with Gasteiger partial charge >= 0.3 is 0 Å². The first kappa shape index (κ1) is 29.0. The van der Waals surface area contributed by atoms with Crippen LogP contribution in [0.2, 0.25) is 0 Å². The second kappa shape index (κ2) is 13.2. The van der Waals surface area contributed by atoms with Crippen molar-refractivity contribution in [1.29, 1.82) is 0 Å². The number of nitrogens with one attached hydrogen (secondary N) is 1. The number of benzene rings is 2. The molecule has 198 valence electrons. The van der Waals surface area contributed by atoms with Crippen LogP contribution in [0.1, 0.15) is 37.8 Å². The van der Waals surface area contributed by atoms with Crippen LogP contribution in [0, 0.1) is 6.92 Å². The maximum Gasteiger partial charge on any atom is 0.244 e. The molecular formula is C26H37N3O6S. The summed E-state index contributed by atoms with van der Waals surface area (Å²) in [5, 5.41) is 2.86. The highest BCUT2D eigenvalue weighted by atomic mass is 32.2. The van der Waals surface area contributed by atoms with E-state index in [9.17, 15) is 18.0 Å². The third-order valence-corrected chi connectivity index (χ3v) is 6.89. The third-order valence-electron chi connectivity index (χ3n) is 5.77. The van der Waals surface area contributed by atoms with E-state index >= 15 is 0 Å². The van der Waals surface area contributed by atoms with Gasteiger partial charge in [-0.1, -0.05) is 31.5 Å². The Bertz CT molecular complexity index is 1150. The summed E-state index contributed by atoms with van der Waals surface area (Å²) < 4.78 is 37.3. The predicted molar refractivity (Wildman–Crippen MR) is 141 cm³/mol. The van der Waals surface area contributed by atoms with Gasteiger partial charge < -0.3 is 19.7 Å². The molecule has 2 amide bonds. The number of unbranched alkanes of at least 4 members (excludes halogenated alkanes) is 1. The molecule has 0 spiro atoms. The van der Waals surface area contributed by atoms with Crippen LogP contribution in [0.4, 0.5) is 5.69 Å². The number of hydrogen-bond donors (Lipinski definition) is 1. The normalized spacial score (nSPS) is 11.9. The standard InChI is InChI=1S/C26H37N3O6S/c1-7-8-14-27-26(31)20(3)28(17-21-10-9-11-22(16-21)34-4)25(30)18-29(36(6,32)33)23-15-19(2)12-13-24(23)35-5/h9-13,15-16,20H,7-8,14,17-18H2,1-6H3,(H,27,31)/t20-/m0/s1. The molecule has 2 rings (SSSR count). The van der Waals surface area contributed by atoms with Gasteiger partial charge in [-0.2, -0.15) is 0 Å².